The summed E-state index contributed by atoms with van der Waals surface area (Å²) >= 11 is 0. The van der Waals surface area contributed by atoms with E-state index in [4.69, 9.17) is 0 Å². The molecule has 0 bridgehead atoms. The van der Waals surface area contributed by atoms with Gasteiger partial charge in [0.1, 0.15) is 6.29 Å². The first-order chi connectivity index (χ1) is 6.72. The van der Waals surface area contributed by atoms with Crippen LogP contribution in [0.4, 0.5) is 8.78 Å². The zero-order valence-electron chi connectivity index (χ0n) is 8.29. The Labute approximate surface area is 83.3 Å². The molecule has 0 saturated carbocycles. The van der Waals surface area contributed by atoms with E-state index in [0.717, 1.165) is 32.2 Å². The van der Waals surface area contributed by atoms with Crippen molar-refractivity contribution in [3.05, 3.63) is 0 Å². The third-order valence-corrected chi connectivity index (χ3v) is 2.70. The molecule has 1 heterocycles. The minimum Gasteiger partial charge on any atom is -0.303 e. The number of alkyl halides is 2. The van der Waals surface area contributed by atoms with Crippen LogP contribution in [-0.2, 0) is 4.79 Å². The maximum atomic E-state index is 12.0. The van der Waals surface area contributed by atoms with Gasteiger partial charge in [0, 0.05) is 25.9 Å². The fourth-order valence-electron chi connectivity index (χ4n) is 1.96. The first-order valence-corrected chi connectivity index (χ1v) is 5.16. The van der Waals surface area contributed by atoms with E-state index in [0.29, 0.717) is 18.9 Å². The van der Waals surface area contributed by atoms with E-state index < -0.39 is 6.43 Å². The Morgan fingerprint density at radius 1 is 1.50 bits per heavy atom. The van der Waals surface area contributed by atoms with Gasteiger partial charge in [0.05, 0.1) is 0 Å². The summed E-state index contributed by atoms with van der Waals surface area (Å²) in [4.78, 5) is 12.4. The van der Waals surface area contributed by atoms with Gasteiger partial charge in [0.2, 0.25) is 6.43 Å². The standard InChI is InChI=1S/C10H17F2NO/c11-10(12)3-6-13-5-1-2-9(8-13)4-7-14/h7,9-10H,1-6,8H2. The molecule has 0 aliphatic carbocycles. The Morgan fingerprint density at radius 2 is 2.29 bits per heavy atom. The van der Waals surface area contributed by atoms with Crippen LogP contribution in [0.15, 0.2) is 0 Å². The average Bonchev–Trinajstić information content (AvgIpc) is 2.16. The number of rotatable bonds is 5. The summed E-state index contributed by atoms with van der Waals surface area (Å²) in [6.45, 7) is 2.18. The largest absolute Gasteiger partial charge is 0.303 e. The highest BCUT2D eigenvalue weighted by Gasteiger charge is 2.19. The second-order valence-corrected chi connectivity index (χ2v) is 3.89. The normalized spacial score (nSPS) is 24.1. The Hall–Kier alpha value is -0.510. The molecule has 1 saturated heterocycles. The van der Waals surface area contributed by atoms with Crippen LogP contribution in [0.5, 0.6) is 0 Å². The minimum atomic E-state index is -2.21. The van der Waals surface area contributed by atoms with Gasteiger partial charge in [-0.15, -0.1) is 0 Å². The highest BCUT2D eigenvalue weighted by Crippen LogP contribution is 2.19. The van der Waals surface area contributed by atoms with Gasteiger partial charge in [-0.2, -0.15) is 0 Å². The summed E-state index contributed by atoms with van der Waals surface area (Å²) in [7, 11) is 0. The van der Waals surface area contributed by atoms with Crippen LogP contribution in [0, 0.1) is 5.92 Å². The van der Waals surface area contributed by atoms with Gasteiger partial charge >= 0.3 is 0 Å². The molecule has 1 aliphatic rings. The van der Waals surface area contributed by atoms with Crippen LogP contribution in [0.1, 0.15) is 25.7 Å². The topological polar surface area (TPSA) is 20.3 Å². The second-order valence-electron chi connectivity index (χ2n) is 3.89. The smallest absolute Gasteiger partial charge is 0.239 e. The predicted molar refractivity (Wildman–Crippen MR) is 50.5 cm³/mol. The molecule has 82 valence electrons. The molecule has 0 radical (unpaired) electrons. The van der Waals surface area contributed by atoms with E-state index in [1.807, 2.05) is 4.90 Å². The lowest BCUT2D eigenvalue weighted by molar-refractivity contribution is -0.109. The lowest BCUT2D eigenvalue weighted by Gasteiger charge is -2.31. The zero-order chi connectivity index (χ0) is 10.4. The van der Waals surface area contributed by atoms with Crippen molar-refractivity contribution in [3.8, 4) is 0 Å². The molecule has 0 aromatic carbocycles. The van der Waals surface area contributed by atoms with Crippen LogP contribution < -0.4 is 0 Å². The van der Waals surface area contributed by atoms with Crippen molar-refractivity contribution in [3.63, 3.8) is 0 Å². The lowest BCUT2D eigenvalue weighted by atomic mass is 9.95. The van der Waals surface area contributed by atoms with Crippen molar-refractivity contribution < 1.29 is 13.6 Å². The summed E-state index contributed by atoms with van der Waals surface area (Å²) in [6.07, 6.45) is 1.34. The molecule has 2 nitrogen and oxygen atoms in total. The van der Waals surface area contributed by atoms with Crippen LogP contribution in [0.2, 0.25) is 0 Å². The SMILES string of the molecule is O=CCC1CCCN(CCC(F)F)C1. The van der Waals surface area contributed by atoms with Crippen LogP contribution in [0.3, 0.4) is 0 Å². The van der Waals surface area contributed by atoms with Gasteiger partial charge in [-0.25, -0.2) is 8.78 Å². The number of hydrogen-bond acceptors (Lipinski definition) is 2. The molecule has 0 amide bonds. The molecule has 1 rings (SSSR count). The Balaban J connectivity index is 2.21. The monoisotopic (exact) mass is 205 g/mol. The van der Waals surface area contributed by atoms with Crippen molar-refractivity contribution >= 4 is 6.29 Å². The van der Waals surface area contributed by atoms with E-state index >= 15 is 0 Å². The molecule has 1 aliphatic heterocycles. The van der Waals surface area contributed by atoms with Crippen molar-refractivity contribution in [2.75, 3.05) is 19.6 Å². The first kappa shape index (κ1) is 11.6. The van der Waals surface area contributed by atoms with E-state index in [-0.39, 0.29) is 6.42 Å². The molecule has 1 unspecified atom stereocenters. The fourth-order valence-corrected chi connectivity index (χ4v) is 1.96. The van der Waals surface area contributed by atoms with Gasteiger partial charge < -0.3 is 9.69 Å². The number of halogens is 2. The third kappa shape index (κ3) is 4.13. The molecule has 4 heteroatoms. The van der Waals surface area contributed by atoms with Gasteiger partial charge in [0.25, 0.3) is 0 Å². The molecule has 0 N–H and O–H groups in total. The van der Waals surface area contributed by atoms with E-state index in [1.165, 1.54) is 0 Å². The summed E-state index contributed by atoms with van der Waals surface area (Å²) in [6, 6.07) is 0. The van der Waals surface area contributed by atoms with Crippen molar-refractivity contribution in [1.29, 1.82) is 0 Å². The lowest BCUT2D eigenvalue weighted by Crippen LogP contribution is -2.36. The van der Waals surface area contributed by atoms with Crippen molar-refractivity contribution in [2.24, 2.45) is 5.92 Å². The van der Waals surface area contributed by atoms with E-state index in [1.54, 1.807) is 0 Å². The Kier molecular flexibility index (Phi) is 5.01. The van der Waals surface area contributed by atoms with Crippen molar-refractivity contribution in [2.45, 2.75) is 32.1 Å². The molecular weight excluding hydrogens is 188 g/mol. The average molecular weight is 205 g/mol. The summed E-state index contributed by atoms with van der Waals surface area (Å²) < 4.78 is 23.9. The van der Waals surface area contributed by atoms with Gasteiger partial charge in [-0.1, -0.05) is 0 Å². The molecule has 0 aromatic rings. The highest BCUT2D eigenvalue weighted by atomic mass is 19.3. The molecule has 1 atom stereocenters. The van der Waals surface area contributed by atoms with Crippen LogP contribution in [-0.4, -0.2) is 37.2 Å². The first-order valence-electron chi connectivity index (χ1n) is 5.16. The van der Waals surface area contributed by atoms with Gasteiger partial charge in [-0.05, 0) is 25.3 Å². The predicted octanol–water partition coefficient (Wildman–Crippen LogP) is 1.94. The van der Waals surface area contributed by atoms with E-state index in [9.17, 15) is 13.6 Å². The number of carbonyl (C=O) groups is 1. The van der Waals surface area contributed by atoms with Crippen molar-refractivity contribution in [1.82, 2.24) is 4.90 Å². The van der Waals surface area contributed by atoms with Crippen LogP contribution >= 0.6 is 0 Å². The molecular formula is C10H17F2NO. The maximum Gasteiger partial charge on any atom is 0.239 e. The number of aldehydes is 1. The van der Waals surface area contributed by atoms with Gasteiger partial charge in [-0.3, -0.25) is 0 Å². The summed E-state index contributed by atoms with van der Waals surface area (Å²) in [5, 5.41) is 0. The number of hydrogen-bond donors (Lipinski definition) is 0. The Morgan fingerprint density at radius 3 is 2.93 bits per heavy atom. The van der Waals surface area contributed by atoms with E-state index in [2.05, 4.69) is 0 Å². The Bertz CT molecular complexity index is 176. The fraction of sp³-hybridized carbons (Fsp3) is 0.900. The summed E-state index contributed by atoms with van der Waals surface area (Å²) in [5.41, 5.74) is 0. The quantitative estimate of drug-likeness (QED) is 0.639. The highest BCUT2D eigenvalue weighted by molar-refractivity contribution is 5.49. The molecule has 0 spiro atoms. The molecule has 1 fully saturated rings. The second kappa shape index (κ2) is 6.06. The maximum absolute atomic E-state index is 12.0. The number of nitrogens with zero attached hydrogens (tertiary/aromatic N) is 1. The minimum absolute atomic E-state index is 0.0478. The number of piperidine rings is 1. The number of carbonyl (C=O) groups excluding carboxylic acids is 1. The van der Waals surface area contributed by atoms with Gasteiger partial charge in [0.15, 0.2) is 0 Å². The van der Waals surface area contributed by atoms with Crippen LogP contribution in [0.25, 0.3) is 0 Å². The molecule has 0 aromatic heterocycles. The number of likely N-dealkylation sites (tertiary alicyclic amines) is 1. The summed E-state index contributed by atoms with van der Waals surface area (Å²) in [5.74, 6) is 0.388. The zero-order valence-corrected chi connectivity index (χ0v) is 8.29. The molecule has 14 heavy (non-hydrogen) atoms. The third-order valence-electron chi connectivity index (χ3n) is 2.70.